The van der Waals surface area contributed by atoms with Crippen molar-refractivity contribution in [1.29, 1.82) is 5.26 Å². The van der Waals surface area contributed by atoms with Crippen LogP contribution >= 0.6 is 0 Å². The van der Waals surface area contributed by atoms with Crippen molar-refractivity contribution in [3.05, 3.63) is 0 Å². The van der Waals surface area contributed by atoms with E-state index in [1.807, 2.05) is 0 Å². The number of piperidine rings is 1. The first-order chi connectivity index (χ1) is 12.9. The number of nitrogens with one attached hydrogen (secondary N) is 2. The van der Waals surface area contributed by atoms with Gasteiger partial charge in [-0.25, -0.2) is 4.79 Å². The Morgan fingerprint density at radius 2 is 1.82 bits per heavy atom. The van der Waals surface area contributed by atoms with Crippen LogP contribution in [0.25, 0.3) is 0 Å². The molecule has 0 aromatic carbocycles. The van der Waals surface area contributed by atoms with Crippen molar-refractivity contribution in [3.8, 4) is 6.07 Å². The molecule has 0 unspecified atom stereocenters. The van der Waals surface area contributed by atoms with Crippen molar-refractivity contribution in [1.82, 2.24) is 15.5 Å². The van der Waals surface area contributed by atoms with Crippen LogP contribution in [0.5, 0.6) is 0 Å². The van der Waals surface area contributed by atoms with Crippen molar-refractivity contribution < 1.29 is 14.3 Å². The summed E-state index contributed by atoms with van der Waals surface area (Å²) in [5, 5.41) is 15.8. The summed E-state index contributed by atoms with van der Waals surface area (Å²) in [7, 11) is 1.67. The zero-order chi connectivity index (χ0) is 21.6. The number of hydrogen-bond acceptors (Lipinski definition) is 5. The monoisotopic (exact) mass is 394 g/mol. The van der Waals surface area contributed by atoms with Gasteiger partial charge in [0.15, 0.2) is 0 Å². The molecular weight excluding hydrogens is 356 g/mol. The van der Waals surface area contributed by atoms with Gasteiger partial charge in [-0.05, 0) is 65.0 Å². The highest BCUT2D eigenvalue weighted by atomic mass is 16.6. The molecule has 28 heavy (non-hydrogen) atoms. The number of nitrogens with zero attached hydrogens (tertiary/aromatic N) is 2. The van der Waals surface area contributed by atoms with Gasteiger partial charge in [0, 0.05) is 7.05 Å². The maximum atomic E-state index is 13.3. The standard InChI is InChI=1S/C21H38N4O3/c1-8-20(5,6)10-9-16(24-18(27)28-19(2,3)4)17(26)25(7)21(15-22)11-13-23-14-12-21/h16,23H,8-14H2,1-7H3,(H,24,27)/t16-/m0/s1. The number of hydrogen-bond donors (Lipinski definition) is 2. The third-order valence-electron chi connectivity index (χ3n) is 5.67. The number of amides is 2. The Hall–Kier alpha value is -1.81. The van der Waals surface area contributed by atoms with E-state index in [0.29, 0.717) is 32.4 Å². The Labute approximate surface area is 170 Å². The molecule has 0 saturated carbocycles. The van der Waals surface area contributed by atoms with Gasteiger partial charge in [-0.15, -0.1) is 0 Å². The predicted molar refractivity (Wildman–Crippen MR) is 110 cm³/mol. The smallest absolute Gasteiger partial charge is 0.408 e. The summed E-state index contributed by atoms with van der Waals surface area (Å²) in [4.78, 5) is 27.2. The molecule has 1 aliphatic heterocycles. The molecule has 1 saturated heterocycles. The highest BCUT2D eigenvalue weighted by molar-refractivity contribution is 5.86. The minimum absolute atomic E-state index is 0.0639. The Morgan fingerprint density at radius 3 is 2.29 bits per heavy atom. The van der Waals surface area contributed by atoms with E-state index in [0.717, 1.165) is 12.8 Å². The van der Waals surface area contributed by atoms with Crippen molar-refractivity contribution >= 4 is 12.0 Å². The molecule has 1 heterocycles. The Balaban J connectivity index is 2.99. The maximum absolute atomic E-state index is 13.3. The summed E-state index contributed by atoms with van der Waals surface area (Å²) in [6.45, 7) is 13.2. The molecule has 0 radical (unpaired) electrons. The van der Waals surface area contributed by atoms with Gasteiger partial charge in [-0.3, -0.25) is 4.79 Å². The van der Waals surface area contributed by atoms with Crippen molar-refractivity contribution in [3.63, 3.8) is 0 Å². The first kappa shape index (κ1) is 24.2. The van der Waals surface area contributed by atoms with Crippen LogP contribution in [-0.2, 0) is 9.53 Å². The molecule has 7 heteroatoms. The number of nitriles is 1. The molecule has 0 aromatic rings. The van der Waals surface area contributed by atoms with E-state index in [-0.39, 0.29) is 11.3 Å². The quantitative estimate of drug-likeness (QED) is 0.691. The minimum atomic E-state index is -0.837. The Kier molecular flexibility index (Phi) is 8.30. The summed E-state index contributed by atoms with van der Waals surface area (Å²) in [5.74, 6) is -0.235. The molecule has 2 N–H and O–H groups in total. The fourth-order valence-corrected chi connectivity index (χ4v) is 3.23. The number of carbonyl (C=O) groups excluding carboxylic acids is 2. The number of ether oxygens (including phenoxy) is 1. The van der Waals surface area contributed by atoms with Gasteiger partial charge in [0.25, 0.3) is 0 Å². The van der Waals surface area contributed by atoms with Gasteiger partial charge in [0.2, 0.25) is 5.91 Å². The second-order valence-corrected chi connectivity index (χ2v) is 9.55. The lowest BCUT2D eigenvalue weighted by Gasteiger charge is -2.41. The number of likely N-dealkylation sites (N-methyl/N-ethyl adjacent to an activating group) is 1. The lowest BCUT2D eigenvalue weighted by molar-refractivity contribution is -0.137. The average molecular weight is 395 g/mol. The first-order valence-electron chi connectivity index (χ1n) is 10.2. The van der Waals surface area contributed by atoms with Gasteiger partial charge >= 0.3 is 6.09 Å². The molecule has 160 valence electrons. The second kappa shape index (κ2) is 9.60. The summed E-state index contributed by atoms with van der Waals surface area (Å²) >= 11 is 0. The van der Waals surface area contributed by atoms with Crippen LogP contribution in [-0.4, -0.2) is 54.2 Å². The molecular formula is C21H38N4O3. The Bertz CT molecular complexity index is 583. The maximum Gasteiger partial charge on any atom is 0.408 e. The Morgan fingerprint density at radius 1 is 1.25 bits per heavy atom. The van der Waals surface area contributed by atoms with Crippen LogP contribution in [0.3, 0.4) is 0 Å². The molecule has 1 atom stereocenters. The van der Waals surface area contributed by atoms with E-state index in [9.17, 15) is 14.9 Å². The van der Waals surface area contributed by atoms with Gasteiger partial charge in [-0.1, -0.05) is 27.2 Å². The fourth-order valence-electron chi connectivity index (χ4n) is 3.23. The van der Waals surface area contributed by atoms with E-state index in [2.05, 4.69) is 37.5 Å². The molecule has 1 fully saturated rings. The third-order valence-corrected chi connectivity index (χ3v) is 5.67. The molecule has 2 amide bonds. The number of carbonyl (C=O) groups is 2. The van der Waals surface area contributed by atoms with Crippen LogP contribution < -0.4 is 10.6 Å². The van der Waals surface area contributed by atoms with Crippen LogP contribution in [0.1, 0.15) is 73.6 Å². The zero-order valence-corrected chi connectivity index (χ0v) is 18.6. The predicted octanol–water partition coefficient (Wildman–Crippen LogP) is 3.20. The summed E-state index contributed by atoms with van der Waals surface area (Å²) in [6.07, 6.45) is 2.80. The van der Waals surface area contributed by atoms with Crippen molar-refractivity contribution in [2.24, 2.45) is 5.41 Å². The molecule has 1 aliphatic rings. The molecule has 0 spiro atoms. The van der Waals surface area contributed by atoms with Crippen molar-refractivity contribution in [2.45, 2.75) is 90.8 Å². The van der Waals surface area contributed by atoms with E-state index in [1.54, 1.807) is 27.8 Å². The summed E-state index contributed by atoms with van der Waals surface area (Å²) in [5.41, 5.74) is -1.42. The topological polar surface area (TPSA) is 94.5 Å². The molecule has 1 rings (SSSR count). The molecule has 0 aliphatic carbocycles. The van der Waals surface area contributed by atoms with Crippen molar-refractivity contribution in [2.75, 3.05) is 20.1 Å². The van der Waals surface area contributed by atoms with E-state index in [4.69, 9.17) is 4.74 Å². The SMILES string of the molecule is CCC(C)(C)CC[C@H](NC(=O)OC(C)(C)C)C(=O)N(C)C1(C#N)CCNCC1. The lowest BCUT2D eigenvalue weighted by atomic mass is 9.83. The normalized spacial score (nSPS) is 17.9. The van der Waals surface area contributed by atoms with E-state index >= 15 is 0 Å². The van der Waals surface area contributed by atoms with Crippen LogP contribution in [0.15, 0.2) is 0 Å². The van der Waals surface area contributed by atoms with Gasteiger partial charge in [-0.2, -0.15) is 5.26 Å². The number of rotatable bonds is 7. The fraction of sp³-hybridized carbons (Fsp3) is 0.857. The van der Waals surface area contributed by atoms with Gasteiger partial charge in [0.1, 0.15) is 17.2 Å². The van der Waals surface area contributed by atoms with E-state index < -0.39 is 23.3 Å². The highest BCUT2D eigenvalue weighted by Gasteiger charge is 2.41. The highest BCUT2D eigenvalue weighted by Crippen LogP contribution is 2.29. The van der Waals surface area contributed by atoms with E-state index in [1.165, 1.54) is 4.90 Å². The van der Waals surface area contributed by atoms with Crippen LogP contribution in [0.2, 0.25) is 0 Å². The zero-order valence-electron chi connectivity index (χ0n) is 18.6. The van der Waals surface area contributed by atoms with Crippen LogP contribution in [0, 0.1) is 16.7 Å². The van der Waals surface area contributed by atoms with Crippen LogP contribution in [0.4, 0.5) is 4.79 Å². The first-order valence-corrected chi connectivity index (χ1v) is 10.2. The summed E-state index contributed by atoms with van der Waals surface area (Å²) in [6, 6.07) is 1.63. The second-order valence-electron chi connectivity index (χ2n) is 9.55. The molecule has 0 aromatic heterocycles. The average Bonchev–Trinajstić information content (AvgIpc) is 2.63. The minimum Gasteiger partial charge on any atom is -0.444 e. The van der Waals surface area contributed by atoms with Gasteiger partial charge in [0.05, 0.1) is 6.07 Å². The lowest BCUT2D eigenvalue weighted by Crippen LogP contribution is -2.59. The largest absolute Gasteiger partial charge is 0.444 e. The summed E-state index contributed by atoms with van der Waals surface area (Å²) < 4.78 is 5.36. The number of alkyl carbamates (subject to hydrolysis) is 1. The molecule has 0 bridgehead atoms. The third kappa shape index (κ3) is 6.97. The van der Waals surface area contributed by atoms with Gasteiger partial charge < -0.3 is 20.3 Å². The molecule has 7 nitrogen and oxygen atoms in total.